The van der Waals surface area contributed by atoms with Crippen LogP contribution in [0.15, 0.2) is 18.2 Å². The van der Waals surface area contributed by atoms with Gasteiger partial charge in [-0.25, -0.2) is 0 Å². The second kappa shape index (κ2) is 8.28. The van der Waals surface area contributed by atoms with Crippen LogP contribution in [0, 0.1) is 11.3 Å². The summed E-state index contributed by atoms with van der Waals surface area (Å²) in [5.41, 5.74) is -0.899. The summed E-state index contributed by atoms with van der Waals surface area (Å²) in [4.78, 5) is 17.6. The number of hydrogen-bond acceptors (Lipinski definition) is 4. The van der Waals surface area contributed by atoms with Gasteiger partial charge in [0, 0.05) is 18.2 Å². The number of carbonyl (C=O) groups is 1. The van der Waals surface area contributed by atoms with Crippen molar-refractivity contribution in [3.63, 3.8) is 0 Å². The number of alkyl halides is 3. The largest absolute Gasteiger partial charge is 0.473 e. The van der Waals surface area contributed by atoms with E-state index in [1.807, 2.05) is 13.8 Å². The molecule has 1 saturated heterocycles. The molecule has 0 bridgehead atoms. The number of nitrogens with zero attached hydrogens (tertiary/aromatic N) is 2. The van der Waals surface area contributed by atoms with Gasteiger partial charge in [0.2, 0.25) is 5.91 Å². The molecule has 4 rings (SSSR count). The molecule has 3 aliphatic rings. The zero-order valence-electron chi connectivity index (χ0n) is 18.1. The number of hydrogen-bond donors (Lipinski definition) is 1. The second-order valence-corrected chi connectivity index (χ2v) is 9.60. The number of carbonyl (C=O) groups excluding carboxylic acids is 1. The van der Waals surface area contributed by atoms with Crippen molar-refractivity contribution in [2.45, 2.75) is 70.8 Å². The number of ether oxygens (including phenoxy) is 1. The van der Waals surface area contributed by atoms with Gasteiger partial charge >= 0.3 is 6.18 Å². The topological polar surface area (TPSA) is 53.0 Å². The third kappa shape index (κ3) is 4.29. The van der Waals surface area contributed by atoms with Crippen LogP contribution in [0.3, 0.4) is 0 Å². The van der Waals surface area contributed by atoms with Gasteiger partial charge in [-0.15, -0.1) is 0 Å². The molecular weight excluding hydrogens is 409 g/mol. The molecule has 2 heterocycles. The van der Waals surface area contributed by atoms with Crippen molar-refractivity contribution >= 4 is 5.91 Å². The first-order valence-electron chi connectivity index (χ1n) is 11.1. The maximum absolute atomic E-state index is 13.7. The number of halogens is 3. The van der Waals surface area contributed by atoms with E-state index in [1.54, 1.807) is 4.90 Å². The van der Waals surface area contributed by atoms with Crippen molar-refractivity contribution in [1.29, 1.82) is 0 Å². The second-order valence-electron chi connectivity index (χ2n) is 9.60. The molecule has 1 aliphatic carbocycles. The van der Waals surface area contributed by atoms with Crippen LogP contribution < -0.4 is 4.74 Å². The molecule has 0 unspecified atom stereocenters. The normalized spacial score (nSPS) is 29.7. The number of likely N-dealkylation sites (tertiary alicyclic amines) is 1. The Kier molecular flexibility index (Phi) is 5.98. The molecule has 2 fully saturated rings. The Labute approximate surface area is 181 Å². The quantitative estimate of drug-likeness (QED) is 0.771. The van der Waals surface area contributed by atoms with Gasteiger partial charge in [0.25, 0.3) is 0 Å². The monoisotopic (exact) mass is 440 g/mol. The average molecular weight is 441 g/mol. The lowest BCUT2D eigenvalue weighted by atomic mass is 9.74. The molecule has 1 aromatic carbocycles. The van der Waals surface area contributed by atoms with Gasteiger partial charge < -0.3 is 14.7 Å². The van der Waals surface area contributed by atoms with Crippen LogP contribution in [-0.2, 0) is 17.5 Å². The lowest BCUT2D eigenvalue weighted by molar-refractivity contribution is -0.150. The molecule has 31 heavy (non-hydrogen) atoms. The summed E-state index contributed by atoms with van der Waals surface area (Å²) in [5.74, 6) is 0.468. The predicted molar refractivity (Wildman–Crippen MR) is 109 cm³/mol. The van der Waals surface area contributed by atoms with E-state index in [0.717, 1.165) is 44.4 Å². The third-order valence-corrected chi connectivity index (χ3v) is 7.41. The molecule has 0 radical (unpaired) electrons. The molecular formula is C23H31F3N2O3. The van der Waals surface area contributed by atoms with Crippen LogP contribution in [0.2, 0.25) is 0 Å². The number of aliphatic hydroxyl groups is 1. The first-order valence-corrected chi connectivity index (χ1v) is 11.1. The van der Waals surface area contributed by atoms with E-state index in [0.29, 0.717) is 24.3 Å². The van der Waals surface area contributed by atoms with Crippen LogP contribution in [0.4, 0.5) is 13.2 Å². The molecule has 0 spiro atoms. The van der Waals surface area contributed by atoms with Gasteiger partial charge in [0.05, 0.1) is 23.6 Å². The van der Waals surface area contributed by atoms with Crippen molar-refractivity contribution in [3.8, 4) is 5.75 Å². The predicted octanol–water partition coefficient (Wildman–Crippen LogP) is 4.04. The highest BCUT2D eigenvalue weighted by molar-refractivity contribution is 5.83. The van der Waals surface area contributed by atoms with Crippen LogP contribution in [-0.4, -0.2) is 52.8 Å². The zero-order chi connectivity index (χ0) is 22.4. The number of fused-ring (bicyclic) bond motifs is 1. The van der Waals surface area contributed by atoms with Gasteiger partial charge in [-0.2, -0.15) is 13.2 Å². The fourth-order valence-corrected chi connectivity index (χ4v) is 5.51. The summed E-state index contributed by atoms with van der Waals surface area (Å²) < 4.78 is 45.0. The number of piperidine rings is 1. The molecule has 1 aromatic rings. The Morgan fingerprint density at radius 1 is 1.29 bits per heavy atom. The molecule has 172 valence electrons. The molecule has 1 N–H and O–H groups in total. The Morgan fingerprint density at radius 3 is 2.74 bits per heavy atom. The highest BCUT2D eigenvalue weighted by Crippen LogP contribution is 2.48. The Balaban J connectivity index is 1.52. The fraction of sp³-hybridized carbons (Fsp3) is 0.696. The maximum atomic E-state index is 13.7. The smallest absolute Gasteiger partial charge is 0.416 e. The summed E-state index contributed by atoms with van der Waals surface area (Å²) >= 11 is 0. The van der Waals surface area contributed by atoms with Gasteiger partial charge in [0.1, 0.15) is 5.75 Å². The molecule has 3 atom stereocenters. The first-order chi connectivity index (χ1) is 14.6. The molecule has 0 aromatic heterocycles. The van der Waals surface area contributed by atoms with Crippen LogP contribution in [0.25, 0.3) is 0 Å². The molecule has 2 aliphatic heterocycles. The number of amides is 1. The Bertz CT molecular complexity index is 829. The Hall–Kier alpha value is -1.80. The standard InChI is InChI=1S/C23H31F3N2O3/c1-15(2)22(8-7-18(11-22)27-9-3-4-19(29)13-27)21(30)28-12-16-10-17(23(24,25)26)5-6-20(16)31-14-28/h5-6,10,15,18-19,29H,3-4,7-9,11-14H2,1-2H3/t18-,19-,22+/m1/s1. The minimum Gasteiger partial charge on any atom is -0.473 e. The highest BCUT2D eigenvalue weighted by Gasteiger charge is 2.51. The van der Waals surface area contributed by atoms with E-state index in [9.17, 15) is 23.1 Å². The Morgan fingerprint density at radius 2 is 2.06 bits per heavy atom. The summed E-state index contributed by atoms with van der Waals surface area (Å²) in [6, 6.07) is 3.69. The van der Waals surface area contributed by atoms with Gasteiger partial charge in [-0.1, -0.05) is 13.8 Å². The minimum absolute atomic E-state index is 0.0365. The van der Waals surface area contributed by atoms with Gasteiger partial charge in [-0.05, 0) is 62.8 Å². The van der Waals surface area contributed by atoms with Crippen molar-refractivity contribution in [2.24, 2.45) is 11.3 Å². The number of β-amino-alcohol motifs (C(OH)–C–C–N with tert-alkyl or cyclic N) is 1. The fourth-order valence-electron chi connectivity index (χ4n) is 5.51. The van der Waals surface area contributed by atoms with E-state index in [1.165, 1.54) is 6.07 Å². The number of rotatable bonds is 3. The van der Waals surface area contributed by atoms with E-state index < -0.39 is 17.2 Å². The van der Waals surface area contributed by atoms with Crippen molar-refractivity contribution < 1.29 is 27.8 Å². The zero-order valence-corrected chi connectivity index (χ0v) is 18.1. The summed E-state index contributed by atoms with van der Waals surface area (Å²) in [6.45, 7) is 5.86. The summed E-state index contributed by atoms with van der Waals surface area (Å²) in [5, 5.41) is 10.1. The van der Waals surface area contributed by atoms with E-state index in [2.05, 4.69) is 4.90 Å². The molecule has 1 saturated carbocycles. The van der Waals surface area contributed by atoms with Gasteiger partial charge in [-0.3, -0.25) is 9.69 Å². The van der Waals surface area contributed by atoms with Crippen molar-refractivity contribution in [2.75, 3.05) is 19.8 Å². The third-order valence-electron chi connectivity index (χ3n) is 7.41. The first kappa shape index (κ1) is 22.4. The van der Waals surface area contributed by atoms with E-state index in [-0.39, 0.29) is 37.2 Å². The SMILES string of the molecule is CC(C)[C@]1(C(=O)N2COc3ccc(C(F)(F)F)cc3C2)CC[C@@H](N2CCC[C@@H](O)C2)C1. The molecule has 8 heteroatoms. The van der Waals surface area contributed by atoms with E-state index in [4.69, 9.17) is 4.74 Å². The van der Waals surface area contributed by atoms with Crippen LogP contribution >= 0.6 is 0 Å². The summed E-state index contributed by atoms with van der Waals surface area (Å²) in [7, 11) is 0. The molecule has 1 amide bonds. The minimum atomic E-state index is -4.43. The number of benzene rings is 1. The van der Waals surface area contributed by atoms with Gasteiger partial charge in [0.15, 0.2) is 6.73 Å². The van der Waals surface area contributed by atoms with Crippen LogP contribution in [0.5, 0.6) is 5.75 Å². The lowest BCUT2D eigenvalue weighted by Crippen LogP contribution is -2.49. The number of aliphatic hydroxyl groups excluding tert-OH is 1. The maximum Gasteiger partial charge on any atom is 0.416 e. The van der Waals surface area contributed by atoms with Crippen LogP contribution in [0.1, 0.15) is 57.1 Å². The summed E-state index contributed by atoms with van der Waals surface area (Å²) in [6.07, 6.45) is -0.624. The molecule has 5 nitrogen and oxygen atoms in total. The lowest BCUT2D eigenvalue weighted by Gasteiger charge is -2.40. The van der Waals surface area contributed by atoms with E-state index >= 15 is 0 Å². The van der Waals surface area contributed by atoms with Crippen molar-refractivity contribution in [1.82, 2.24) is 9.80 Å². The van der Waals surface area contributed by atoms with Crippen molar-refractivity contribution in [3.05, 3.63) is 29.3 Å². The average Bonchev–Trinajstić information content (AvgIpc) is 3.19. The highest BCUT2D eigenvalue weighted by atomic mass is 19.4.